The molecule has 132 valence electrons. The van der Waals surface area contributed by atoms with Gasteiger partial charge >= 0.3 is 0 Å². The Bertz CT molecular complexity index is 771. The van der Waals surface area contributed by atoms with Gasteiger partial charge in [-0.05, 0) is 43.9 Å². The van der Waals surface area contributed by atoms with Crippen LogP contribution in [0.1, 0.15) is 30.3 Å². The summed E-state index contributed by atoms with van der Waals surface area (Å²) in [6, 6.07) is 7.72. The highest BCUT2D eigenvalue weighted by atomic mass is 16.6. The van der Waals surface area contributed by atoms with E-state index in [2.05, 4.69) is 5.10 Å². The normalized spacial score (nSPS) is 20.5. The fraction of sp³-hybridized carbons (Fsp3) is 0.412. The number of carbonyl (C=O) groups excluding carboxylic acids is 1. The van der Waals surface area contributed by atoms with Crippen LogP contribution in [0, 0.1) is 16.0 Å². The lowest BCUT2D eigenvalue weighted by Gasteiger charge is -2.37. The van der Waals surface area contributed by atoms with E-state index in [0.29, 0.717) is 17.9 Å². The third-order valence-electron chi connectivity index (χ3n) is 4.63. The minimum absolute atomic E-state index is 0.00407. The zero-order chi connectivity index (χ0) is 18.0. The van der Waals surface area contributed by atoms with Crippen LogP contribution in [0.15, 0.2) is 36.5 Å². The van der Waals surface area contributed by atoms with Gasteiger partial charge in [-0.25, -0.2) is 4.68 Å². The molecule has 2 atom stereocenters. The first-order chi connectivity index (χ1) is 12.0. The van der Waals surface area contributed by atoms with E-state index in [0.717, 1.165) is 12.8 Å². The number of carbonyl (C=O) groups is 1. The number of aliphatic hydroxyl groups is 1. The van der Waals surface area contributed by atoms with Crippen LogP contribution in [0.3, 0.4) is 0 Å². The van der Waals surface area contributed by atoms with E-state index in [1.807, 2.05) is 6.92 Å². The maximum atomic E-state index is 12.7. The van der Waals surface area contributed by atoms with Gasteiger partial charge in [0, 0.05) is 37.5 Å². The molecule has 25 heavy (non-hydrogen) atoms. The Morgan fingerprint density at radius 2 is 2.04 bits per heavy atom. The number of hydrogen-bond donors (Lipinski definition) is 1. The number of aromatic nitrogens is 2. The quantitative estimate of drug-likeness (QED) is 0.675. The number of nitrogens with zero attached hydrogens (tertiary/aromatic N) is 4. The molecule has 1 aromatic heterocycles. The molecule has 0 radical (unpaired) electrons. The Morgan fingerprint density at radius 3 is 2.68 bits per heavy atom. The van der Waals surface area contributed by atoms with Gasteiger partial charge in [-0.15, -0.1) is 0 Å². The summed E-state index contributed by atoms with van der Waals surface area (Å²) < 4.78 is 1.52. The largest absolute Gasteiger partial charge is 0.396 e. The fourth-order valence-electron chi connectivity index (χ4n) is 3.07. The molecule has 3 rings (SSSR count). The second-order valence-electron chi connectivity index (χ2n) is 6.35. The molecule has 2 unspecified atom stereocenters. The zero-order valence-electron chi connectivity index (χ0n) is 13.9. The van der Waals surface area contributed by atoms with Gasteiger partial charge in [0.2, 0.25) is 0 Å². The number of non-ortho nitro benzene ring substituents is 1. The van der Waals surface area contributed by atoms with E-state index in [1.54, 1.807) is 29.3 Å². The molecule has 0 aliphatic carbocycles. The number of piperidine rings is 1. The average molecular weight is 344 g/mol. The third kappa shape index (κ3) is 3.53. The second kappa shape index (κ2) is 7.02. The standard InChI is InChI=1S/C17H20N4O4/c1-12-2-3-13(11-22)10-19(12)17(23)16-8-9-20(18-16)14-4-6-15(7-5-14)21(24)25/h4-9,12-13,22H,2-3,10-11H2,1H3. The minimum atomic E-state index is -0.461. The highest BCUT2D eigenvalue weighted by Gasteiger charge is 2.30. The van der Waals surface area contributed by atoms with Crippen LogP contribution < -0.4 is 0 Å². The summed E-state index contributed by atoms with van der Waals surface area (Å²) in [7, 11) is 0. The lowest BCUT2D eigenvalue weighted by atomic mass is 9.94. The van der Waals surface area contributed by atoms with Gasteiger partial charge in [-0.3, -0.25) is 14.9 Å². The average Bonchev–Trinajstić information content (AvgIpc) is 3.12. The molecule has 8 heteroatoms. The van der Waals surface area contributed by atoms with Crippen molar-refractivity contribution in [3.63, 3.8) is 0 Å². The third-order valence-corrected chi connectivity index (χ3v) is 4.63. The van der Waals surface area contributed by atoms with Gasteiger partial charge in [0.1, 0.15) is 0 Å². The molecule has 1 aliphatic heterocycles. The van der Waals surface area contributed by atoms with Crippen molar-refractivity contribution in [1.82, 2.24) is 14.7 Å². The molecule has 8 nitrogen and oxygen atoms in total. The van der Waals surface area contributed by atoms with Crippen molar-refractivity contribution in [1.29, 1.82) is 0 Å². The van der Waals surface area contributed by atoms with E-state index in [1.165, 1.54) is 16.8 Å². The maximum Gasteiger partial charge on any atom is 0.274 e. The van der Waals surface area contributed by atoms with Crippen molar-refractivity contribution in [2.75, 3.05) is 13.2 Å². The van der Waals surface area contributed by atoms with Crippen LogP contribution >= 0.6 is 0 Å². The molecule has 0 spiro atoms. The SMILES string of the molecule is CC1CCC(CO)CN1C(=O)c1ccn(-c2ccc([N+](=O)[O-])cc2)n1. The summed E-state index contributed by atoms with van der Waals surface area (Å²) >= 11 is 0. The summed E-state index contributed by atoms with van der Waals surface area (Å²) in [5.41, 5.74) is 0.970. The molecule has 2 aromatic rings. The number of nitro groups is 1. The molecule has 2 heterocycles. The van der Waals surface area contributed by atoms with Crippen molar-refractivity contribution in [3.8, 4) is 5.69 Å². The van der Waals surface area contributed by atoms with Crippen molar-refractivity contribution >= 4 is 11.6 Å². The molecule has 1 fully saturated rings. The van der Waals surface area contributed by atoms with Crippen LogP contribution in [0.25, 0.3) is 5.69 Å². The number of benzene rings is 1. The van der Waals surface area contributed by atoms with E-state index in [9.17, 15) is 20.0 Å². The van der Waals surface area contributed by atoms with Gasteiger partial charge < -0.3 is 10.0 Å². The fourth-order valence-corrected chi connectivity index (χ4v) is 3.07. The summed E-state index contributed by atoms with van der Waals surface area (Å²) in [6.45, 7) is 2.60. The maximum absolute atomic E-state index is 12.7. The highest BCUT2D eigenvalue weighted by Crippen LogP contribution is 2.23. The van der Waals surface area contributed by atoms with Crippen LogP contribution in [-0.2, 0) is 0 Å². The van der Waals surface area contributed by atoms with Gasteiger partial charge in [-0.2, -0.15) is 5.10 Å². The number of aliphatic hydroxyl groups excluding tert-OH is 1. The molecule has 1 N–H and O–H groups in total. The Morgan fingerprint density at radius 1 is 1.32 bits per heavy atom. The van der Waals surface area contributed by atoms with E-state index >= 15 is 0 Å². The molecule has 1 amide bonds. The first kappa shape index (κ1) is 17.1. The molecular weight excluding hydrogens is 324 g/mol. The van der Waals surface area contributed by atoms with Gasteiger partial charge in [0.05, 0.1) is 10.6 Å². The van der Waals surface area contributed by atoms with Crippen LogP contribution in [0.4, 0.5) is 5.69 Å². The predicted octanol–water partition coefficient (Wildman–Crippen LogP) is 2.01. The van der Waals surface area contributed by atoms with E-state index in [4.69, 9.17) is 0 Å². The Balaban J connectivity index is 1.78. The van der Waals surface area contributed by atoms with Crippen LogP contribution in [0.5, 0.6) is 0 Å². The molecular formula is C17H20N4O4. The number of hydrogen-bond acceptors (Lipinski definition) is 5. The van der Waals surface area contributed by atoms with Crippen molar-refractivity contribution in [3.05, 3.63) is 52.3 Å². The van der Waals surface area contributed by atoms with Crippen molar-refractivity contribution < 1.29 is 14.8 Å². The Labute approximate surface area is 144 Å². The van der Waals surface area contributed by atoms with Gasteiger partial charge in [-0.1, -0.05) is 0 Å². The highest BCUT2D eigenvalue weighted by molar-refractivity contribution is 5.92. The number of rotatable bonds is 4. The molecule has 1 aliphatic rings. The Kier molecular flexibility index (Phi) is 4.80. The van der Waals surface area contributed by atoms with Crippen molar-refractivity contribution in [2.45, 2.75) is 25.8 Å². The monoisotopic (exact) mass is 344 g/mol. The van der Waals surface area contributed by atoms with Gasteiger partial charge in [0.25, 0.3) is 11.6 Å². The predicted molar refractivity (Wildman–Crippen MR) is 90.5 cm³/mol. The molecule has 1 saturated heterocycles. The van der Waals surface area contributed by atoms with Crippen LogP contribution in [-0.4, -0.2) is 49.8 Å². The molecule has 0 saturated carbocycles. The Hall–Kier alpha value is -2.74. The summed E-state index contributed by atoms with van der Waals surface area (Å²) in [5, 5.41) is 24.4. The second-order valence-corrected chi connectivity index (χ2v) is 6.35. The zero-order valence-corrected chi connectivity index (χ0v) is 13.9. The molecule has 0 bridgehead atoms. The lowest BCUT2D eigenvalue weighted by molar-refractivity contribution is -0.384. The molecule has 1 aromatic carbocycles. The van der Waals surface area contributed by atoms with Gasteiger partial charge in [0.15, 0.2) is 5.69 Å². The lowest BCUT2D eigenvalue weighted by Crippen LogP contribution is -2.46. The number of likely N-dealkylation sites (tertiary alicyclic amines) is 1. The first-order valence-corrected chi connectivity index (χ1v) is 8.22. The topological polar surface area (TPSA) is 102 Å². The van der Waals surface area contributed by atoms with Crippen molar-refractivity contribution in [2.24, 2.45) is 5.92 Å². The number of amides is 1. The summed E-state index contributed by atoms with van der Waals surface area (Å²) in [6.07, 6.45) is 3.44. The smallest absolute Gasteiger partial charge is 0.274 e. The first-order valence-electron chi connectivity index (χ1n) is 8.22. The van der Waals surface area contributed by atoms with E-state index < -0.39 is 4.92 Å². The van der Waals surface area contributed by atoms with Crippen LogP contribution in [0.2, 0.25) is 0 Å². The summed E-state index contributed by atoms with van der Waals surface area (Å²) in [5.74, 6) is -0.0526. The minimum Gasteiger partial charge on any atom is -0.396 e. The number of nitro benzene ring substituents is 1. The van der Waals surface area contributed by atoms with E-state index in [-0.39, 0.29) is 30.2 Å². The summed E-state index contributed by atoms with van der Waals surface area (Å²) in [4.78, 5) is 24.7.